The summed E-state index contributed by atoms with van der Waals surface area (Å²) in [6.07, 6.45) is 0. The van der Waals surface area contributed by atoms with Gasteiger partial charge in [-0.15, -0.1) is 0 Å². The van der Waals surface area contributed by atoms with Crippen LogP contribution in [0.15, 0.2) is 46.9 Å². The third kappa shape index (κ3) is 3.19. The summed E-state index contributed by atoms with van der Waals surface area (Å²) in [4.78, 5) is 2.13. The van der Waals surface area contributed by atoms with E-state index in [1.54, 1.807) is 12.1 Å². The topological polar surface area (TPSA) is 29.3 Å². The molecule has 0 aliphatic carbocycles. The third-order valence-electron chi connectivity index (χ3n) is 3.23. The van der Waals surface area contributed by atoms with Crippen LogP contribution in [-0.4, -0.2) is 6.54 Å². The monoisotopic (exact) mass is 336 g/mol. The Kier molecular flexibility index (Phi) is 4.78. The maximum Gasteiger partial charge on any atom is 0.123 e. The molecule has 1 unspecified atom stereocenters. The van der Waals surface area contributed by atoms with E-state index in [-0.39, 0.29) is 11.9 Å². The molecule has 0 bridgehead atoms. The fourth-order valence-corrected chi connectivity index (χ4v) is 2.63. The first-order valence-corrected chi connectivity index (χ1v) is 7.40. The summed E-state index contributed by atoms with van der Waals surface area (Å²) < 4.78 is 14.1. The Hall–Kier alpha value is -1.39. The molecule has 0 saturated heterocycles. The normalized spacial score (nSPS) is 12.2. The van der Waals surface area contributed by atoms with Crippen LogP contribution in [0, 0.1) is 5.82 Å². The van der Waals surface area contributed by atoms with Crippen molar-refractivity contribution in [3.63, 3.8) is 0 Å². The predicted octanol–water partition coefficient (Wildman–Crippen LogP) is 4.77. The van der Waals surface area contributed by atoms with E-state index in [1.807, 2.05) is 25.1 Å². The van der Waals surface area contributed by atoms with Crippen LogP contribution in [0.2, 0.25) is 0 Å². The molecule has 2 rings (SSSR count). The molecule has 1 atom stereocenters. The second kappa shape index (κ2) is 6.37. The van der Waals surface area contributed by atoms with Crippen LogP contribution in [-0.2, 0) is 0 Å². The summed E-state index contributed by atoms with van der Waals surface area (Å²) in [6, 6.07) is 12.5. The standard InChI is InChI=1S/C16H18BrFN2/c1-3-20(14-7-5-13(18)6-8-14)16-9-4-12(17)10-15(16)11(2)19/h4-11H,3,19H2,1-2H3. The first kappa shape index (κ1) is 15.0. The molecule has 106 valence electrons. The number of hydrogen-bond donors (Lipinski definition) is 1. The van der Waals surface area contributed by atoms with E-state index in [0.29, 0.717) is 0 Å². The lowest BCUT2D eigenvalue weighted by Gasteiger charge is -2.27. The smallest absolute Gasteiger partial charge is 0.123 e. The Balaban J connectivity index is 2.49. The van der Waals surface area contributed by atoms with Gasteiger partial charge in [0.25, 0.3) is 0 Å². The first-order chi connectivity index (χ1) is 9.52. The largest absolute Gasteiger partial charge is 0.341 e. The number of halogens is 2. The van der Waals surface area contributed by atoms with Crippen LogP contribution in [0.3, 0.4) is 0 Å². The van der Waals surface area contributed by atoms with Crippen molar-refractivity contribution in [3.8, 4) is 0 Å². The lowest BCUT2D eigenvalue weighted by Crippen LogP contribution is -2.20. The average Bonchev–Trinajstić information content (AvgIpc) is 2.43. The fourth-order valence-electron chi connectivity index (χ4n) is 2.25. The predicted molar refractivity (Wildman–Crippen MR) is 85.8 cm³/mol. The molecule has 2 nitrogen and oxygen atoms in total. The number of anilines is 2. The summed E-state index contributed by atoms with van der Waals surface area (Å²) >= 11 is 3.48. The highest BCUT2D eigenvalue weighted by atomic mass is 79.9. The molecule has 2 aromatic carbocycles. The fraction of sp³-hybridized carbons (Fsp3) is 0.250. The van der Waals surface area contributed by atoms with Crippen molar-refractivity contribution >= 4 is 27.3 Å². The van der Waals surface area contributed by atoms with Crippen molar-refractivity contribution in [3.05, 3.63) is 58.3 Å². The molecule has 0 radical (unpaired) electrons. The van der Waals surface area contributed by atoms with Gasteiger partial charge in [0.05, 0.1) is 0 Å². The number of nitrogens with two attached hydrogens (primary N) is 1. The van der Waals surface area contributed by atoms with Gasteiger partial charge in [0.2, 0.25) is 0 Å². The summed E-state index contributed by atoms with van der Waals surface area (Å²) in [6.45, 7) is 4.81. The highest BCUT2D eigenvalue weighted by Crippen LogP contribution is 2.33. The molecule has 2 N–H and O–H groups in total. The molecule has 20 heavy (non-hydrogen) atoms. The van der Waals surface area contributed by atoms with Crippen molar-refractivity contribution in [1.82, 2.24) is 0 Å². The molecule has 0 aromatic heterocycles. The van der Waals surface area contributed by atoms with E-state index in [0.717, 1.165) is 28.0 Å². The van der Waals surface area contributed by atoms with Crippen LogP contribution in [0.25, 0.3) is 0 Å². The lowest BCUT2D eigenvalue weighted by atomic mass is 10.1. The van der Waals surface area contributed by atoms with Crippen LogP contribution in [0.4, 0.5) is 15.8 Å². The molecule has 0 heterocycles. The quantitative estimate of drug-likeness (QED) is 0.871. The maximum absolute atomic E-state index is 13.1. The van der Waals surface area contributed by atoms with E-state index in [4.69, 9.17) is 5.73 Å². The highest BCUT2D eigenvalue weighted by molar-refractivity contribution is 9.10. The van der Waals surface area contributed by atoms with Gasteiger partial charge in [-0.2, -0.15) is 0 Å². The molecule has 0 fully saturated rings. The molecule has 0 spiro atoms. The summed E-state index contributed by atoms with van der Waals surface area (Å²) in [5, 5.41) is 0. The Morgan fingerprint density at radius 1 is 1.20 bits per heavy atom. The van der Waals surface area contributed by atoms with Gasteiger partial charge in [0.1, 0.15) is 5.82 Å². The minimum atomic E-state index is -0.229. The second-order valence-electron chi connectivity index (χ2n) is 4.71. The SMILES string of the molecule is CCN(c1ccc(F)cc1)c1ccc(Br)cc1C(C)N. The summed E-state index contributed by atoms with van der Waals surface area (Å²) in [7, 11) is 0. The number of hydrogen-bond acceptors (Lipinski definition) is 2. The Morgan fingerprint density at radius 3 is 2.40 bits per heavy atom. The van der Waals surface area contributed by atoms with Crippen LogP contribution in [0.1, 0.15) is 25.5 Å². The van der Waals surface area contributed by atoms with Gasteiger partial charge < -0.3 is 10.6 Å². The summed E-state index contributed by atoms with van der Waals surface area (Å²) in [5.41, 5.74) is 9.14. The van der Waals surface area contributed by atoms with Crippen LogP contribution in [0.5, 0.6) is 0 Å². The van der Waals surface area contributed by atoms with E-state index >= 15 is 0 Å². The van der Waals surface area contributed by atoms with Gasteiger partial charge in [-0.3, -0.25) is 0 Å². The first-order valence-electron chi connectivity index (χ1n) is 6.61. The average molecular weight is 337 g/mol. The van der Waals surface area contributed by atoms with E-state index in [1.165, 1.54) is 12.1 Å². The Morgan fingerprint density at radius 2 is 1.85 bits per heavy atom. The van der Waals surface area contributed by atoms with Gasteiger partial charge >= 0.3 is 0 Å². The Bertz CT molecular complexity index is 582. The van der Waals surface area contributed by atoms with E-state index in [2.05, 4.69) is 27.8 Å². The van der Waals surface area contributed by atoms with E-state index < -0.39 is 0 Å². The minimum Gasteiger partial charge on any atom is -0.341 e. The van der Waals surface area contributed by atoms with Gasteiger partial charge in [-0.05, 0) is 61.9 Å². The van der Waals surface area contributed by atoms with Gasteiger partial charge in [-0.25, -0.2) is 4.39 Å². The third-order valence-corrected chi connectivity index (χ3v) is 3.72. The molecule has 0 aliphatic heterocycles. The number of rotatable bonds is 4. The molecule has 2 aromatic rings. The number of nitrogens with zero attached hydrogens (tertiary/aromatic N) is 1. The maximum atomic E-state index is 13.1. The minimum absolute atomic E-state index is 0.0722. The van der Waals surface area contributed by atoms with Crippen molar-refractivity contribution in [2.45, 2.75) is 19.9 Å². The van der Waals surface area contributed by atoms with Crippen molar-refractivity contribution < 1.29 is 4.39 Å². The van der Waals surface area contributed by atoms with Gasteiger partial charge in [-0.1, -0.05) is 15.9 Å². The zero-order valence-corrected chi connectivity index (χ0v) is 13.2. The molecule has 0 aliphatic rings. The Labute approximate surface area is 127 Å². The molecule has 4 heteroatoms. The zero-order valence-electron chi connectivity index (χ0n) is 11.6. The van der Waals surface area contributed by atoms with Gasteiger partial charge in [0.15, 0.2) is 0 Å². The van der Waals surface area contributed by atoms with Gasteiger partial charge in [0, 0.05) is 28.4 Å². The van der Waals surface area contributed by atoms with Crippen molar-refractivity contribution in [2.24, 2.45) is 5.73 Å². The second-order valence-corrected chi connectivity index (χ2v) is 5.63. The molecule has 0 amide bonds. The van der Waals surface area contributed by atoms with Crippen LogP contribution >= 0.6 is 15.9 Å². The van der Waals surface area contributed by atoms with Crippen molar-refractivity contribution in [2.75, 3.05) is 11.4 Å². The molecule has 0 saturated carbocycles. The lowest BCUT2D eigenvalue weighted by molar-refractivity contribution is 0.628. The summed E-state index contributed by atoms with van der Waals surface area (Å²) in [5.74, 6) is -0.229. The zero-order chi connectivity index (χ0) is 14.7. The van der Waals surface area contributed by atoms with Crippen molar-refractivity contribution in [1.29, 1.82) is 0 Å². The number of benzene rings is 2. The van der Waals surface area contributed by atoms with Crippen LogP contribution < -0.4 is 10.6 Å². The highest BCUT2D eigenvalue weighted by Gasteiger charge is 2.14. The molecular weight excluding hydrogens is 319 g/mol. The van der Waals surface area contributed by atoms with E-state index in [9.17, 15) is 4.39 Å². The molecular formula is C16H18BrFN2.